The van der Waals surface area contributed by atoms with Gasteiger partial charge >= 0.3 is 0 Å². The number of rotatable bonds is 4. The summed E-state index contributed by atoms with van der Waals surface area (Å²) in [6.07, 6.45) is -6.56. The molecular formula is C22H22F3NO4S. The Labute approximate surface area is 185 Å². The molecule has 2 aliphatic carbocycles. The highest BCUT2D eigenvalue weighted by atomic mass is 32.2. The molecule has 0 saturated heterocycles. The number of nitrogens with one attached hydrogen (secondary N) is 1. The monoisotopic (exact) mass is 458 g/mol. The van der Waals surface area contributed by atoms with Gasteiger partial charge in [0, 0.05) is 30.2 Å². The molecule has 2 aliphatic rings. The topological polar surface area (TPSA) is 83.5 Å². The minimum absolute atomic E-state index is 0.263. The Morgan fingerprint density at radius 1 is 1.16 bits per heavy atom. The summed E-state index contributed by atoms with van der Waals surface area (Å²) in [6, 6.07) is 5.52. The number of carbonyl (C=O) groups excluding carboxylic acids is 1. The molecule has 3 unspecified atom stereocenters. The lowest BCUT2D eigenvalue weighted by molar-refractivity contribution is -0.0413. The number of carbonyl (C=O) groups is 1. The minimum Gasteiger partial charge on any atom is -0.390 e. The van der Waals surface area contributed by atoms with Crippen LogP contribution < -0.4 is 5.32 Å². The van der Waals surface area contributed by atoms with Crippen LogP contribution in [-0.4, -0.2) is 30.3 Å². The van der Waals surface area contributed by atoms with Gasteiger partial charge in [-0.3, -0.25) is 4.79 Å². The van der Waals surface area contributed by atoms with Crippen molar-refractivity contribution >= 4 is 21.4 Å². The van der Waals surface area contributed by atoms with Crippen molar-refractivity contribution in [2.24, 2.45) is 11.8 Å². The van der Waals surface area contributed by atoms with Crippen molar-refractivity contribution in [2.45, 2.75) is 48.2 Å². The Morgan fingerprint density at radius 3 is 2.32 bits per heavy atom. The number of hydrogen-bond donors (Lipinski definition) is 2. The maximum absolute atomic E-state index is 13.5. The fourth-order valence-corrected chi connectivity index (χ4v) is 5.46. The van der Waals surface area contributed by atoms with E-state index in [9.17, 15) is 31.5 Å². The summed E-state index contributed by atoms with van der Waals surface area (Å²) >= 11 is 0. The minimum atomic E-state index is -4.61. The second-order valence-corrected chi connectivity index (χ2v) is 9.86. The number of fused-ring (bicyclic) bond motifs is 2. The number of amides is 1. The summed E-state index contributed by atoms with van der Waals surface area (Å²) in [5, 5.41) is 10.6. The van der Waals surface area contributed by atoms with Gasteiger partial charge in [-0.05, 0) is 62.5 Å². The Bertz CT molecular complexity index is 1320. The fraction of sp³-hybridized carbons (Fsp3) is 0.409. The van der Waals surface area contributed by atoms with E-state index in [1.807, 2.05) is 0 Å². The smallest absolute Gasteiger partial charge is 0.255 e. The molecule has 1 amide bonds. The van der Waals surface area contributed by atoms with Crippen LogP contribution in [0.5, 0.6) is 0 Å². The van der Waals surface area contributed by atoms with Gasteiger partial charge in [-0.1, -0.05) is 6.07 Å². The van der Waals surface area contributed by atoms with Crippen LogP contribution in [0.15, 0.2) is 41.3 Å². The first kappa shape index (κ1) is 16.3. The molecule has 2 bridgehead atoms. The van der Waals surface area contributed by atoms with Crippen LogP contribution in [0.1, 0.15) is 49.7 Å². The molecule has 166 valence electrons. The molecule has 2 saturated carbocycles. The van der Waals surface area contributed by atoms with Crippen LogP contribution in [0.25, 0.3) is 0 Å². The second-order valence-electron chi connectivity index (χ2n) is 7.81. The molecule has 0 heterocycles. The zero-order valence-corrected chi connectivity index (χ0v) is 17.1. The third kappa shape index (κ3) is 3.85. The molecule has 31 heavy (non-hydrogen) atoms. The summed E-state index contributed by atoms with van der Waals surface area (Å²) in [4.78, 5) is 12.1. The summed E-state index contributed by atoms with van der Waals surface area (Å²) in [5.41, 5.74) is -2.56. The van der Waals surface area contributed by atoms with Crippen molar-refractivity contribution in [3.05, 3.63) is 59.4 Å². The number of halogens is 3. The lowest BCUT2D eigenvalue weighted by Gasteiger charge is -2.39. The molecule has 0 aliphatic heterocycles. The van der Waals surface area contributed by atoms with E-state index >= 15 is 0 Å². The number of benzene rings is 2. The second kappa shape index (κ2) is 7.63. The van der Waals surface area contributed by atoms with Gasteiger partial charge < -0.3 is 10.4 Å². The molecule has 2 aromatic carbocycles. The maximum Gasteiger partial charge on any atom is 0.255 e. The standard InChI is InChI=1S/C22H22F3NO4S/c1-22(28)13-5-6-14(22)9-17(8-13)31(29,30)16-4-2-3-12(7-16)21(27)26-15-10-18(23)20(25)19(24)11-15/h2-4,7,10-11,13-14,17,28H,5-6,8-9H2,1H3,(H,26,27)/t13-,14?,17?,22?/m0/s1/i5D2,6D2,17D. The van der Waals surface area contributed by atoms with E-state index in [-0.39, 0.29) is 5.56 Å². The van der Waals surface area contributed by atoms with Gasteiger partial charge in [0.05, 0.1) is 15.7 Å². The predicted molar refractivity (Wildman–Crippen MR) is 108 cm³/mol. The SMILES string of the molecule is [2H]C1([2H])C2CC([2H])(S(=O)(=O)c3cccc(C(=O)Nc4cc(F)c(F)c(F)c4)c3)C[C@@H](C2(C)O)C1([2H])[2H]. The molecule has 2 N–H and O–H groups in total. The first-order valence-electron chi connectivity index (χ1n) is 11.9. The summed E-state index contributed by atoms with van der Waals surface area (Å²) < 4.78 is 109. The van der Waals surface area contributed by atoms with E-state index in [1.165, 1.54) is 19.1 Å². The Balaban J connectivity index is 1.67. The molecule has 5 nitrogen and oxygen atoms in total. The molecule has 0 aromatic heterocycles. The van der Waals surface area contributed by atoms with Crippen molar-refractivity contribution in [3.8, 4) is 0 Å². The lowest BCUT2D eigenvalue weighted by Crippen LogP contribution is -2.45. The summed E-state index contributed by atoms with van der Waals surface area (Å²) in [7, 11) is -4.61. The molecule has 4 rings (SSSR count). The van der Waals surface area contributed by atoms with Crippen molar-refractivity contribution in [2.75, 3.05) is 5.32 Å². The molecule has 4 atom stereocenters. The molecule has 0 spiro atoms. The molecule has 0 radical (unpaired) electrons. The van der Waals surface area contributed by atoms with E-state index in [4.69, 9.17) is 6.85 Å². The zero-order valence-electron chi connectivity index (χ0n) is 21.2. The largest absolute Gasteiger partial charge is 0.390 e. The number of anilines is 1. The Morgan fingerprint density at radius 2 is 1.74 bits per heavy atom. The zero-order chi connectivity index (χ0) is 27.1. The molecular weight excluding hydrogens is 431 g/mol. The van der Waals surface area contributed by atoms with Gasteiger partial charge in [0.2, 0.25) is 0 Å². The predicted octanol–water partition coefficient (Wildman–Crippen LogP) is 4.07. The first-order valence-corrected chi connectivity index (χ1v) is 10.9. The van der Waals surface area contributed by atoms with Crippen LogP contribution >= 0.6 is 0 Å². The highest BCUT2D eigenvalue weighted by Gasteiger charge is 2.52. The summed E-state index contributed by atoms with van der Waals surface area (Å²) in [5.74, 6) is -8.76. The lowest BCUT2D eigenvalue weighted by atomic mass is 9.76. The van der Waals surface area contributed by atoms with Crippen molar-refractivity contribution in [1.29, 1.82) is 0 Å². The van der Waals surface area contributed by atoms with Gasteiger partial charge in [0.25, 0.3) is 5.91 Å². The molecule has 2 fully saturated rings. The third-order valence-corrected chi connectivity index (χ3v) is 7.70. The van der Waals surface area contributed by atoms with Crippen LogP contribution in [-0.2, 0) is 9.84 Å². The molecule has 2 aromatic rings. The summed E-state index contributed by atoms with van der Waals surface area (Å²) in [6.45, 7) is 1.24. The van der Waals surface area contributed by atoms with Crippen LogP contribution in [0, 0.1) is 29.3 Å². The molecule has 9 heteroatoms. The van der Waals surface area contributed by atoms with Gasteiger partial charge in [0.15, 0.2) is 27.3 Å². The van der Waals surface area contributed by atoms with E-state index in [2.05, 4.69) is 5.32 Å². The van der Waals surface area contributed by atoms with E-state index in [0.717, 1.165) is 12.1 Å². The van der Waals surface area contributed by atoms with E-state index in [1.54, 1.807) is 0 Å². The highest BCUT2D eigenvalue weighted by Crippen LogP contribution is 2.51. The van der Waals surface area contributed by atoms with Gasteiger partial charge in [-0.25, -0.2) is 21.6 Å². The number of sulfone groups is 1. The first-order chi connectivity index (χ1) is 16.4. The third-order valence-electron chi connectivity index (χ3n) is 5.73. The Hall–Kier alpha value is -2.39. The normalized spacial score (nSPS) is 35.8. The number of aliphatic hydroxyl groups is 1. The van der Waals surface area contributed by atoms with E-state index in [0.29, 0.717) is 12.1 Å². The van der Waals surface area contributed by atoms with Crippen molar-refractivity contribution < 1.29 is 38.3 Å². The van der Waals surface area contributed by atoms with Gasteiger partial charge in [-0.2, -0.15) is 0 Å². The maximum atomic E-state index is 13.5. The van der Waals surface area contributed by atoms with Crippen LogP contribution in [0.3, 0.4) is 0 Å². The van der Waals surface area contributed by atoms with Gasteiger partial charge in [-0.15, -0.1) is 0 Å². The van der Waals surface area contributed by atoms with E-state index < -0.39 is 92.0 Å². The van der Waals surface area contributed by atoms with Crippen LogP contribution in [0.4, 0.5) is 18.9 Å². The average molecular weight is 459 g/mol. The fourth-order valence-electron chi connectivity index (χ4n) is 3.81. The van der Waals surface area contributed by atoms with Gasteiger partial charge in [0.1, 0.15) is 0 Å². The Kier molecular flexibility index (Phi) is 4.01. The van der Waals surface area contributed by atoms with Crippen LogP contribution in [0.2, 0.25) is 0 Å². The number of hydrogen-bond acceptors (Lipinski definition) is 4. The van der Waals surface area contributed by atoms with Crippen molar-refractivity contribution in [1.82, 2.24) is 0 Å². The quantitative estimate of drug-likeness (QED) is 0.677. The van der Waals surface area contributed by atoms with Crippen molar-refractivity contribution in [3.63, 3.8) is 0 Å². The average Bonchev–Trinajstić information content (AvgIpc) is 2.83. The highest BCUT2D eigenvalue weighted by molar-refractivity contribution is 7.92.